The maximum Gasteiger partial charge on any atom is 0.272 e. The van der Waals surface area contributed by atoms with Crippen molar-refractivity contribution in [3.8, 4) is 17.2 Å². The first-order valence-corrected chi connectivity index (χ1v) is 13.2. The lowest BCUT2D eigenvalue weighted by Gasteiger charge is -2.32. The molecule has 0 spiro atoms. The molecule has 1 fully saturated rings. The second kappa shape index (κ2) is 11.0. The molecule has 1 unspecified atom stereocenters. The predicted octanol–water partition coefficient (Wildman–Crippen LogP) is 2.93. The van der Waals surface area contributed by atoms with E-state index in [-0.39, 0.29) is 36.9 Å². The molecule has 2 N–H and O–H groups in total. The van der Waals surface area contributed by atoms with Gasteiger partial charge in [-0.3, -0.25) is 19.8 Å². The third kappa shape index (κ3) is 5.57. The van der Waals surface area contributed by atoms with Gasteiger partial charge in [0, 0.05) is 19.3 Å². The summed E-state index contributed by atoms with van der Waals surface area (Å²) >= 11 is 0. The fourth-order valence-electron chi connectivity index (χ4n) is 4.39. The van der Waals surface area contributed by atoms with E-state index in [9.17, 15) is 23.2 Å². The Kier molecular flexibility index (Phi) is 7.74. The van der Waals surface area contributed by atoms with Gasteiger partial charge in [-0.15, -0.1) is 0 Å². The zero-order valence-corrected chi connectivity index (χ0v) is 21.0. The van der Waals surface area contributed by atoms with E-state index in [2.05, 4.69) is 4.98 Å². The summed E-state index contributed by atoms with van der Waals surface area (Å²) in [6.07, 6.45) is 0.948. The van der Waals surface area contributed by atoms with Crippen molar-refractivity contribution >= 4 is 21.7 Å². The van der Waals surface area contributed by atoms with Gasteiger partial charge in [0.15, 0.2) is 9.84 Å². The number of benzene rings is 2. The molecule has 1 aliphatic rings. The number of hydrogen-bond donors (Lipinski definition) is 2. The summed E-state index contributed by atoms with van der Waals surface area (Å²) in [6.45, 7) is 0.0380. The van der Waals surface area contributed by atoms with Gasteiger partial charge >= 0.3 is 0 Å². The monoisotopic (exact) mass is 525 g/mol. The Balaban J connectivity index is 1.63. The smallest absolute Gasteiger partial charge is 0.272 e. The molecule has 1 atom stereocenters. The summed E-state index contributed by atoms with van der Waals surface area (Å²) in [6, 6.07) is 18.3. The number of amides is 2. The van der Waals surface area contributed by atoms with E-state index in [0.29, 0.717) is 22.8 Å². The predicted molar refractivity (Wildman–Crippen MR) is 134 cm³/mol. The average molecular weight is 526 g/mol. The average Bonchev–Trinajstić information content (AvgIpc) is 3.05. The number of hydroxylamine groups is 1. The van der Waals surface area contributed by atoms with E-state index < -0.39 is 26.9 Å². The summed E-state index contributed by atoms with van der Waals surface area (Å²) in [5.74, 6) is 0.130. The summed E-state index contributed by atoms with van der Waals surface area (Å²) < 4.78 is 36.6. The fourth-order valence-corrected chi connectivity index (χ4v) is 6.49. The molecule has 11 heteroatoms. The SMILES string of the molecule is COc1ccc(Oc2ccc(C3(CC(=O)NO)CCN(C(=O)c4ccccn4)CCS3(=O)=O)cc2)cc1. The first kappa shape index (κ1) is 26.1. The first-order chi connectivity index (χ1) is 17.8. The highest BCUT2D eigenvalue weighted by atomic mass is 32.2. The topological polar surface area (TPSA) is 135 Å². The number of nitrogens with zero attached hydrogens (tertiary/aromatic N) is 2. The Labute approximate surface area is 214 Å². The highest BCUT2D eigenvalue weighted by Gasteiger charge is 2.49. The minimum Gasteiger partial charge on any atom is -0.497 e. The van der Waals surface area contributed by atoms with Gasteiger partial charge < -0.3 is 14.4 Å². The van der Waals surface area contributed by atoms with Gasteiger partial charge in [-0.05, 0) is 60.5 Å². The Morgan fingerprint density at radius 1 is 1.00 bits per heavy atom. The van der Waals surface area contributed by atoms with Gasteiger partial charge in [0.1, 0.15) is 27.7 Å². The van der Waals surface area contributed by atoms with Crippen molar-refractivity contribution in [3.63, 3.8) is 0 Å². The maximum atomic E-state index is 13.7. The number of rotatable bonds is 7. The van der Waals surface area contributed by atoms with Crippen LogP contribution < -0.4 is 15.0 Å². The standard InChI is InChI=1S/C26H27N3O7S/c1-35-20-9-11-22(12-10-20)36-21-7-5-19(6-8-21)26(18-24(30)28-32)13-15-29(16-17-37(26,33)34)25(31)23-4-2-3-14-27-23/h2-12,14,32H,13,15-18H2,1H3,(H,28,30). The molecule has 0 aliphatic carbocycles. The second-order valence-electron chi connectivity index (χ2n) is 8.58. The number of sulfone groups is 1. The van der Waals surface area contributed by atoms with E-state index in [1.807, 2.05) is 0 Å². The molecule has 1 aliphatic heterocycles. The third-order valence-electron chi connectivity index (χ3n) is 6.43. The summed E-state index contributed by atoms with van der Waals surface area (Å²) in [4.78, 5) is 30.8. The van der Waals surface area contributed by atoms with Gasteiger partial charge in [-0.25, -0.2) is 13.9 Å². The molecular weight excluding hydrogens is 498 g/mol. The number of methoxy groups -OCH3 is 1. The van der Waals surface area contributed by atoms with Crippen LogP contribution in [-0.2, 0) is 19.4 Å². The second-order valence-corrected chi connectivity index (χ2v) is 11.0. The molecule has 2 aromatic carbocycles. The maximum absolute atomic E-state index is 13.7. The lowest BCUT2D eigenvalue weighted by Crippen LogP contribution is -2.42. The molecule has 37 heavy (non-hydrogen) atoms. The number of aromatic nitrogens is 1. The van der Waals surface area contributed by atoms with Crippen LogP contribution in [0.5, 0.6) is 17.2 Å². The zero-order valence-electron chi connectivity index (χ0n) is 20.2. The normalized spacial score (nSPS) is 18.9. The van der Waals surface area contributed by atoms with Crippen molar-refractivity contribution in [2.24, 2.45) is 0 Å². The molecule has 1 saturated heterocycles. The Morgan fingerprint density at radius 3 is 2.24 bits per heavy atom. The van der Waals surface area contributed by atoms with E-state index in [1.54, 1.807) is 79.3 Å². The van der Waals surface area contributed by atoms with Crippen LogP contribution >= 0.6 is 0 Å². The van der Waals surface area contributed by atoms with Gasteiger partial charge in [-0.1, -0.05) is 18.2 Å². The van der Waals surface area contributed by atoms with E-state index >= 15 is 0 Å². The molecule has 3 aromatic rings. The van der Waals surface area contributed by atoms with Crippen LogP contribution in [0, 0.1) is 0 Å². The minimum atomic E-state index is -3.95. The highest BCUT2D eigenvalue weighted by Crippen LogP contribution is 2.41. The summed E-state index contributed by atoms with van der Waals surface area (Å²) in [7, 11) is -2.38. The van der Waals surface area contributed by atoms with Crippen LogP contribution in [0.4, 0.5) is 0 Å². The Bertz CT molecular complexity index is 1350. The lowest BCUT2D eigenvalue weighted by molar-refractivity contribution is -0.130. The molecule has 10 nitrogen and oxygen atoms in total. The van der Waals surface area contributed by atoms with Crippen LogP contribution in [0.15, 0.2) is 72.9 Å². The van der Waals surface area contributed by atoms with Crippen LogP contribution in [0.3, 0.4) is 0 Å². The van der Waals surface area contributed by atoms with Crippen molar-refractivity contribution in [1.29, 1.82) is 0 Å². The Morgan fingerprint density at radius 2 is 1.65 bits per heavy atom. The largest absolute Gasteiger partial charge is 0.497 e. The molecule has 0 radical (unpaired) electrons. The first-order valence-electron chi connectivity index (χ1n) is 11.6. The van der Waals surface area contributed by atoms with Gasteiger partial charge in [0.2, 0.25) is 5.91 Å². The number of ether oxygens (including phenoxy) is 2. The molecule has 194 valence electrons. The van der Waals surface area contributed by atoms with Crippen molar-refractivity contribution in [3.05, 3.63) is 84.2 Å². The third-order valence-corrected chi connectivity index (χ3v) is 8.92. The van der Waals surface area contributed by atoms with Gasteiger partial charge in [-0.2, -0.15) is 0 Å². The number of hydrogen-bond acceptors (Lipinski definition) is 8. The van der Waals surface area contributed by atoms with Crippen molar-refractivity contribution < 1.29 is 32.7 Å². The number of nitrogens with one attached hydrogen (secondary N) is 1. The van der Waals surface area contributed by atoms with E-state index in [0.717, 1.165) is 0 Å². The van der Waals surface area contributed by atoms with Crippen LogP contribution in [0.2, 0.25) is 0 Å². The van der Waals surface area contributed by atoms with E-state index in [1.165, 1.54) is 11.1 Å². The minimum absolute atomic E-state index is 0.0417. The van der Waals surface area contributed by atoms with Crippen molar-refractivity contribution in [1.82, 2.24) is 15.4 Å². The lowest BCUT2D eigenvalue weighted by atomic mass is 9.90. The molecule has 4 rings (SSSR count). The molecular formula is C26H27N3O7S. The van der Waals surface area contributed by atoms with Crippen LogP contribution in [0.25, 0.3) is 0 Å². The molecule has 2 heterocycles. The number of carbonyl (C=O) groups excluding carboxylic acids is 2. The van der Waals surface area contributed by atoms with Gasteiger partial charge in [0.25, 0.3) is 5.91 Å². The Hall–Kier alpha value is -3.96. The molecule has 2 amide bonds. The molecule has 1 aromatic heterocycles. The number of carbonyl (C=O) groups is 2. The zero-order chi connectivity index (χ0) is 26.5. The van der Waals surface area contributed by atoms with Crippen molar-refractivity contribution in [2.45, 2.75) is 17.6 Å². The molecule has 0 saturated carbocycles. The van der Waals surface area contributed by atoms with Gasteiger partial charge in [0.05, 0.1) is 19.3 Å². The highest BCUT2D eigenvalue weighted by molar-refractivity contribution is 7.92. The van der Waals surface area contributed by atoms with Crippen LogP contribution in [-0.4, -0.2) is 61.3 Å². The van der Waals surface area contributed by atoms with E-state index in [4.69, 9.17) is 9.47 Å². The number of pyridine rings is 1. The van der Waals surface area contributed by atoms with Crippen LogP contribution in [0.1, 0.15) is 28.9 Å². The summed E-state index contributed by atoms with van der Waals surface area (Å²) in [5, 5.41) is 9.21. The quantitative estimate of drug-likeness (QED) is 0.355. The van der Waals surface area contributed by atoms with Crippen molar-refractivity contribution in [2.75, 3.05) is 26.0 Å². The summed E-state index contributed by atoms with van der Waals surface area (Å²) in [5.41, 5.74) is 2.12. The fraction of sp³-hybridized carbons (Fsp3) is 0.269. The molecule has 0 bridgehead atoms.